The van der Waals surface area contributed by atoms with Gasteiger partial charge in [0, 0.05) is 23.9 Å². The van der Waals surface area contributed by atoms with Crippen LogP contribution in [0.25, 0.3) is 0 Å². The molecule has 0 aliphatic heterocycles. The summed E-state index contributed by atoms with van der Waals surface area (Å²) < 4.78 is 0. The van der Waals surface area contributed by atoms with E-state index in [0.717, 1.165) is 36.3 Å². The molecule has 0 unspecified atom stereocenters. The lowest BCUT2D eigenvalue weighted by atomic mass is 9.99. The number of Topliss-reactive ketones (excluding diaryl/α,β-unsaturated/α-hetero) is 1. The molecule has 3 nitrogen and oxygen atoms in total. The fraction of sp³-hybridized carbons (Fsp3) is 0.429. The summed E-state index contributed by atoms with van der Waals surface area (Å²) >= 11 is 1.64. The van der Waals surface area contributed by atoms with E-state index in [2.05, 4.69) is 5.32 Å². The Kier molecular flexibility index (Phi) is 4.42. The van der Waals surface area contributed by atoms with Gasteiger partial charge in [-0.3, -0.25) is 9.59 Å². The molecule has 0 saturated heterocycles. The second kappa shape index (κ2) is 6.05. The van der Waals surface area contributed by atoms with Crippen LogP contribution in [0.1, 0.15) is 32.6 Å². The second-order valence-electron chi connectivity index (χ2n) is 4.52. The molecule has 4 heteroatoms. The maximum atomic E-state index is 11.7. The summed E-state index contributed by atoms with van der Waals surface area (Å²) in [6, 6.07) is 7.66. The molecule has 1 aromatic carbocycles. The van der Waals surface area contributed by atoms with Crippen molar-refractivity contribution in [2.24, 2.45) is 0 Å². The van der Waals surface area contributed by atoms with Gasteiger partial charge in [-0.2, -0.15) is 0 Å². The molecule has 18 heavy (non-hydrogen) atoms. The Labute approximate surface area is 111 Å². The van der Waals surface area contributed by atoms with Crippen LogP contribution >= 0.6 is 11.8 Å². The fourth-order valence-corrected chi connectivity index (χ4v) is 3.22. The van der Waals surface area contributed by atoms with Gasteiger partial charge in [-0.25, -0.2) is 0 Å². The van der Waals surface area contributed by atoms with Crippen molar-refractivity contribution in [1.82, 2.24) is 0 Å². The minimum atomic E-state index is -0.0714. The third-order valence-electron chi connectivity index (χ3n) is 2.95. The molecule has 1 aliphatic rings. The summed E-state index contributed by atoms with van der Waals surface area (Å²) in [7, 11) is 0. The Balaban J connectivity index is 1.97. The van der Waals surface area contributed by atoms with Crippen molar-refractivity contribution in [2.75, 3.05) is 5.32 Å². The Hall–Kier alpha value is -1.29. The number of nitrogens with one attached hydrogen (secondary N) is 1. The van der Waals surface area contributed by atoms with Crippen molar-refractivity contribution in [1.29, 1.82) is 0 Å². The Morgan fingerprint density at radius 2 is 2.00 bits per heavy atom. The molecule has 1 aliphatic carbocycles. The molecule has 1 aromatic rings. The van der Waals surface area contributed by atoms with Gasteiger partial charge in [0.15, 0.2) is 0 Å². The van der Waals surface area contributed by atoms with Crippen molar-refractivity contribution < 1.29 is 9.59 Å². The SMILES string of the molecule is CC(=O)Nc1ccc(S[C@H]2CCCCC2=O)cc1. The minimum absolute atomic E-state index is 0.0714. The maximum absolute atomic E-state index is 11.7. The van der Waals surface area contributed by atoms with Gasteiger partial charge in [-0.1, -0.05) is 6.42 Å². The van der Waals surface area contributed by atoms with E-state index in [4.69, 9.17) is 0 Å². The van der Waals surface area contributed by atoms with Crippen LogP contribution in [0.2, 0.25) is 0 Å². The van der Waals surface area contributed by atoms with E-state index >= 15 is 0 Å². The van der Waals surface area contributed by atoms with Gasteiger partial charge in [0.2, 0.25) is 5.91 Å². The lowest BCUT2D eigenvalue weighted by molar-refractivity contribution is -0.119. The summed E-state index contributed by atoms with van der Waals surface area (Å²) in [6.07, 6.45) is 3.89. The van der Waals surface area contributed by atoms with E-state index < -0.39 is 0 Å². The highest BCUT2D eigenvalue weighted by atomic mass is 32.2. The van der Waals surface area contributed by atoms with Gasteiger partial charge in [0.1, 0.15) is 5.78 Å². The first-order valence-electron chi connectivity index (χ1n) is 6.22. The van der Waals surface area contributed by atoms with Crippen molar-refractivity contribution in [3.63, 3.8) is 0 Å². The smallest absolute Gasteiger partial charge is 0.221 e. The van der Waals surface area contributed by atoms with Crippen LogP contribution in [0.4, 0.5) is 5.69 Å². The Morgan fingerprint density at radius 3 is 2.61 bits per heavy atom. The first-order valence-corrected chi connectivity index (χ1v) is 7.10. The zero-order valence-corrected chi connectivity index (χ0v) is 11.3. The molecular weight excluding hydrogens is 246 g/mol. The monoisotopic (exact) mass is 263 g/mol. The van der Waals surface area contributed by atoms with Crippen LogP contribution in [0.3, 0.4) is 0 Å². The Morgan fingerprint density at radius 1 is 1.28 bits per heavy atom. The van der Waals surface area contributed by atoms with Crippen LogP contribution in [-0.4, -0.2) is 16.9 Å². The highest BCUT2D eigenvalue weighted by Crippen LogP contribution is 2.32. The summed E-state index contributed by atoms with van der Waals surface area (Å²) in [5.41, 5.74) is 0.793. The molecule has 0 bridgehead atoms. The third-order valence-corrected chi connectivity index (χ3v) is 4.28. The van der Waals surface area contributed by atoms with Crippen LogP contribution < -0.4 is 5.32 Å². The quantitative estimate of drug-likeness (QED) is 0.910. The first-order chi connectivity index (χ1) is 8.65. The van der Waals surface area contributed by atoms with Gasteiger partial charge in [0.05, 0.1) is 5.25 Å². The largest absolute Gasteiger partial charge is 0.326 e. The van der Waals surface area contributed by atoms with Crippen molar-refractivity contribution >= 4 is 29.1 Å². The first kappa shape index (κ1) is 13.1. The number of benzene rings is 1. The number of carbonyl (C=O) groups is 2. The molecule has 1 fully saturated rings. The molecule has 0 radical (unpaired) electrons. The summed E-state index contributed by atoms with van der Waals surface area (Å²) in [5.74, 6) is 0.301. The topological polar surface area (TPSA) is 46.2 Å². The Bertz CT molecular complexity index is 442. The van der Waals surface area contributed by atoms with E-state index in [0.29, 0.717) is 5.78 Å². The maximum Gasteiger partial charge on any atom is 0.221 e. The predicted octanol–water partition coefficient (Wildman–Crippen LogP) is 3.25. The zero-order chi connectivity index (χ0) is 13.0. The average Bonchev–Trinajstić information content (AvgIpc) is 2.34. The van der Waals surface area contributed by atoms with Gasteiger partial charge >= 0.3 is 0 Å². The van der Waals surface area contributed by atoms with Gasteiger partial charge in [-0.15, -0.1) is 11.8 Å². The third kappa shape index (κ3) is 3.60. The van der Waals surface area contributed by atoms with E-state index in [1.54, 1.807) is 11.8 Å². The highest BCUT2D eigenvalue weighted by molar-refractivity contribution is 8.00. The number of hydrogen-bond acceptors (Lipinski definition) is 3. The lowest BCUT2D eigenvalue weighted by Crippen LogP contribution is -2.21. The fourth-order valence-electron chi connectivity index (χ4n) is 2.06. The second-order valence-corrected chi connectivity index (χ2v) is 5.80. The van der Waals surface area contributed by atoms with Gasteiger partial charge in [0.25, 0.3) is 0 Å². The molecule has 0 spiro atoms. The van der Waals surface area contributed by atoms with E-state index in [1.165, 1.54) is 6.92 Å². The summed E-state index contributed by atoms with van der Waals surface area (Å²) in [5, 5.41) is 2.85. The van der Waals surface area contributed by atoms with E-state index in [-0.39, 0.29) is 11.2 Å². The molecule has 2 rings (SSSR count). The molecule has 1 saturated carbocycles. The number of amides is 1. The van der Waals surface area contributed by atoms with E-state index in [1.807, 2.05) is 24.3 Å². The summed E-state index contributed by atoms with van der Waals surface area (Å²) in [4.78, 5) is 23.7. The van der Waals surface area contributed by atoms with Crippen molar-refractivity contribution in [2.45, 2.75) is 42.8 Å². The number of anilines is 1. The normalized spacial score (nSPS) is 19.6. The molecule has 1 amide bonds. The minimum Gasteiger partial charge on any atom is -0.326 e. The number of rotatable bonds is 3. The standard InChI is InChI=1S/C14H17NO2S/c1-10(16)15-11-6-8-12(9-7-11)18-14-5-3-2-4-13(14)17/h6-9,14H,2-5H2,1H3,(H,15,16)/t14-/m0/s1. The lowest BCUT2D eigenvalue weighted by Gasteiger charge is -2.19. The molecule has 96 valence electrons. The molecule has 0 aromatic heterocycles. The summed E-state index contributed by atoms with van der Waals surface area (Å²) in [6.45, 7) is 1.49. The average molecular weight is 263 g/mol. The molecule has 0 heterocycles. The van der Waals surface area contributed by atoms with Crippen LogP contribution in [0.5, 0.6) is 0 Å². The molecule has 1 N–H and O–H groups in total. The van der Waals surface area contributed by atoms with Gasteiger partial charge < -0.3 is 5.32 Å². The van der Waals surface area contributed by atoms with Crippen LogP contribution in [-0.2, 0) is 9.59 Å². The molecule has 1 atom stereocenters. The number of ketones is 1. The van der Waals surface area contributed by atoms with Gasteiger partial charge in [-0.05, 0) is 37.1 Å². The van der Waals surface area contributed by atoms with Crippen LogP contribution in [0, 0.1) is 0 Å². The zero-order valence-electron chi connectivity index (χ0n) is 10.4. The number of thioether (sulfide) groups is 1. The predicted molar refractivity (Wildman–Crippen MR) is 73.9 cm³/mol. The van der Waals surface area contributed by atoms with Crippen molar-refractivity contribution in [3.05, 3.63) is 24.3 Å². The van der Waals surface area contributed by atoms with Crippen LogP contribution in [0.15, 0.2) is 29.2 Å². The highest BCUT2D eigenvalue weighted by Gasteiger charge is 2.22. The number of carbonyl (C=O) groups excluding carboxylic acids is 2. The molecular formula is C14H17NO2S. The number of hydrogen-bond donors (Lipinski definition) is 1. The van der Waals surface area contributed by atoms with E-state index in [9.17, 15) is 9.59 Å². The van der Waals surface area contributed by atoms with Crippen molar-refractivity contribution in [3.8, 4) is 0 Å².